The Balaban J connectivity index is 1.46. The van der Waals surface area contributed by atoms with E-state index in [0.717, 1.165) is 41.0 Å². The van der Waals surface area contributed by atoms with Gasteiger partial charge in [-0.2, -0.15) is 14.0 Å². The molecule has 0 saturated carbocycles. The molecule has 0 amide bonds. The van der Waals surface area contributed by atoms with Crippen molar-refractivity contribution in [3.63, 3.8) is 0 Å². The number of hydrogen-bond donors (Lipinski definition) is 1. The summed E-state index contributed by atoms with van der Waals surface area (Å²) in [7, 11) is 0. The molecule has 2 heterocycles. The SMILES string of the molecule is CC(C)(C)c1c(OCc2ccc(C#N)cc2)cc(Cl)c(C#Cc2ccc(C(F)(F)[C@@](O)(Cn3cnnn3)c3ccc(F)cc3F)nc2)c1F. The molecule has 2 aromatic heterocycles. The highest BCUT2D eigenvalue weighted by molar-refractivity contribution is 6.32. The van der Waals surface area contributed by atoms with E-state index in [0.29, 0.717) is 17.7 Å². The lowest BCUT2D eigenvalue weighted by Crippen LogP contribution is -2.48. The third-order valence-electron chi connectivity index (χ3n) is 7.50. The van der Waals surface area contributed by atoms with Gasteiger partial charge in [0.25, 0.3) is 0 Å². The molecule has 5 rings (SSSR count). The second-order valence-corrected chi connectivity index (χ2v) is 12.4. The number of nitrogens with zero attached hydrogens (tertiary/aromatic N) is 6. The van der Waals surface area contributed by atoms with Gasteiger partial charge in [0.2, 0.25) is 0 Å². The lowest BCUT2D eigenvalue weighted by Gasteiger charge is -2.35. The number of nitriles is 1. The van der Waals surface area contributed by atoms with Gasteiger partial charge in [-0.3, -0.25) is 4.98 Å². The van der Waals surface area contributed by atoms with Crippen LogP contribution in [0.15, 0.2) is 73.2 Å². The maximum absolute atomic E-state index is 16.1. The Labute approximate surface area is 282 Å². The normalized spacial score (nSPS) is 12.8. The minimum atomic E-state index is -4.27. The Bertz CT molecular complexity index is 2090. The fourth-order valence-corrected chi connectivity index (χ4v) is 5.26. The number of pyridine rings is 1. The van der Waals surface area contributed by atoms with Crippen LogP contribution in [-0.2, 0) is 30.1 Å². The minimum Gasteiger partial charge on any atom is -0.488 e. The van der Waals surface area contributed by atoms with Crippen molar-refractivity contribution in [2.75, 3.05) is 0 Å². The molecular formula is C35H26ClF5N6O2. The lowest BCUT2D eigenvalue weighted by atomic mass is 9.84. The summed E-state index contributed by atoms with van der Waals surface area (Å²) in [5, 5.41) is 30.5. The molecular weight excluding hydrogens is 667 g/mol. The van der Waals surface area contributed by atoms with E-state index in [1.165, 1.54) is 6.07 Å². The molecule has 0 unspecified atom stereocenters. The lowest BCUT2D eigenvalue weighted by molar-refractivity contribution is -0.207. The minimum absolute atomic E-state index is 0.0575. The molecule has 250 valence electrons. The number of hydrogen-bond acceptors (Lipinski definition) is 7. The highest BCUT2D eigenvalue weighted by Crippen LogP contribution is 2.46. The summed E-state index contributed by atoms with van der Waals surface area (Å²) in [5.74, 6) is -1.94. The quantitative estimate of drug-likeness (QED) is 0.138. The van der Waals surface area contributed by atoms with Crippen LogP contribution in [0.5, 0.6) is 5.75 Å². The second-order valence-electron chi connectivity index (χ2n) is 12.0. The van der Waals surface area contributed by atoms with E-state index in [9.17, 15) is 13.9 Å². The number of halogens is 6. The number of ether oxygens (including phenoxy) is 1. The highest BCUT2D eigenvalue weighted by Gasteiger charge is 2.58. The number of benzene rings is 3. The third kappa shape index (κ3) is 7.23. The molecule has 3 aromatic carbocycles. The van der Waals surface area contributed by atoms with Crippen molar-refractivity contribution < 1.29 is 31.8 Å². The van der Waals surface area contributed by atoms with Crippen LogP contribution in [0.4, 0.5) is 22.0 Å². The van der Waals surface area contributed by atoms with Crippen LogP contribution < -0.4 is 4.74 Å². The molecule has 0 aliphatic carbocycles. The summed E-state index contributed by atoms with van der Waals surface area (Å²) < 4.78 is 83.3. The van der Waals surface area contributed by atoms with E-state index in [1.807, 2.05) is 6.07 Å². The van der Waals surface area contributed by atoms with Gasteiger partial charge in [-0.25, -0.2) is 17.9 Å². The van der Waals surface area contributed by atoms with Gasteiger partial charge < -0.3 is 9.84 Å². The van der Waals surface area contributed by atoms with Gasteiger partial charge in [0.15, 0.2) is 5.60 Å². The van der Waals surface area contributed by atoms with Crippen LogP contribution in [0.25, 0.3) is 0 Å². The van der Waals surface area contributed by atoms with E-state index in [2.05, 4.69) is 32.4 Å². The zero-order valence-electron chi connectivity index (χ0n) is 26.1. The van der Waals surface area contributed by atoms with E-state index >= 15 is 13.2 Å². The van der Waals surface area contributed by atoms with Gasteiger partial charge in [-0.15, -0.1) is 5.10 Å². The fourth-order valence-electron chi connectivity index (χ4n) is 5.03. The monoisotopic (exact) mass is 692 g/mol. The molecule has 0 radical (unpaired) electrons. The third-order valence-corrected chi connectivity index (χ3v) is 7.80. The second kappa shape index (κ2) is 13.6. The number of rotatable bonds is 8. The Hall–Kier alpha value is -5.37. The Morgan fingerprint density at radius 2 is 1.67 bits per heavy atom. The highest BCUT2D eigenvalue weighted by atomic mass is 35.5. The molecule has 0 aliphatic heterocycles. The van der Waals surface area contributed by atoms with E-state index in [4.69, 9.17) is 21.6 Å². The predicted molar refractivity (Wildman–Crippen MR) is 168 cm³/mol. The Morgan fingerprint density at radius 1 is 0.959 bits per heavy atom. The van der Waals surface area contributed by atoms with E-state index < -0.39 is 52.2 Å². The molecule has 0 bridgehead atoms. The summed E-state index contributed by atoms with van der Waals surface area (Å²) in [5.41, 5.74) is -4.58. The molecule has 0 spiro atoms. The molecule has 0 fully saturated rings. The van der Waals surface area contributed by atoms with Crippen LogP contribution in [0.1, 0.15) is 59.8 Å². The van der Waals surface area contributed by atoms with Gasteiger partial charge in [-0.1, -0.05) is 56.3 Å². The van der Waals surface area contributed by atoms with Crippen LogP contribution in [0.3, 0.4) is 0 Å². The number of tetrazole rings is 1. The summed E-state index contributed by atoms with van der Waals surface area (Å²) >= 11 is 6.45. The molecule has 1 N–H and O–H groups in total. The first-order valence-corrected chi connectivity index (χ1v) is 14.9. The van der Waals surface area contributed by atoms with Crippen molar-refractivity contribution in [1.29, 1.82) is 5.26 Å². The molecule has 49 heavy (non-hydrogen) atoms. The summed E-state index contributed by atoms with van der Waals surface area (Å²) in [6.07, 6.45) is 1.91. The van der Waals surface area contributed by atoms with Gasteiger partial charge in [0, 0.05) is 35.0 Å². The van der Waals surface area contributed by atoms with Crippen molar-refractivity contribution in [2.24, 2.45) is 0 Å². The number of aromatic nitrogens is 5. The van der Waals surface area contributed by atoms with Crippen LogP contribution in [-0.4, -0.2) is 30.3 Å². The van der Waals surface area contributed by atoms with Gasteiger partial charge in [0.05, 0.1) is 28.8 Å². The van der Waals surface area contributed by atoms with Crippen molar-refractivity contribution in [1.82, 2.24) is 25.2 Å². The number of alkyl halides is 2. The van der Waals surface area contributed by atoms with Crippen LogP contribution >= 0.6 is 11.6 Å². The predicted octanol–water partition coefficient (Wildman–Crippen LogP) is 6.97. The Morgan fingerprint density at radius 3 is 2.27 bits per heavy atom. The molecule has 0 saturated heterocycles. The zero-order valence-corrected chi connectivity index (χ0v) is 26.9. The summed E-state index contributed by atoms with van der Waals surface area (Å²) in [4.78, 5) is 3.78. The van der Waals surface area contributed by atoms with Crippen LogP contribution in [0.2, 0.25) is 5.02 Å². The van der Waals surface area contributed by atoms with Crippen molar-refractivity contribution in [2.45, 2.75) is 50.9 Å². The van der Waals surface area contributed by atoms with E-state index in [1.54, 1.807) is 45.0 Å². The first-order valence-electron chi connectivity index (χ1n) is 14.5. The molecule has 0 aliphatic rings. The first kappa shape index (κ1) is 35.0. The average molecular weight is 693 g/mol. The molecule has 1 atom stereocenters. The zero-order chi connectivity index (χ0) is 35.6. The van der Waals surface area contributed by atoms with Crippen molar-refractivity contribution in [3.8, 4) is 23.7 Å². The molecule has 5 aromatic rings. The largest absolute Gasteiger partial charge is 0.488 e. The first-order chi connectivity index (χ1) is 23.1. The maximum atomic E-state index is 16.1. The van der Waals surface area contributed by atoms with Crippen molar-refractivity contribution in [3.05, 3.63) is 135 Å². The summed E-state index contributed by atoms with van der Waals surface area (Å²) in [6, 6.07) is 14.0. The van der Waals surface area contributed by atoms with Gasteiger partial charge >= 0.3 is 5.92 Å². The smallest absolute Gasteiger partial charge is 0.323 e. The molecule has 8 nitrogen and oxygen atoms in total. The average Bonchev–Trinajstić information content (AvgIpc) is 3.56. The number of aliphatic hydroxyl groups is 1. The van der Waals surface area contributed by atoms with Gasteiger partial charge in [0.1, 0.15) is 41.8 Å². The summed E-state index contributed by atoms with van der Waals surface area (Å²) in [6.45, 7) is 4.42. The van der Waals surface area contributed by atoms with Gasteiger partial charge in [-0.05, 0) is 57.8 Å². The van der Waals surface area contributed by atoms with Crippen molar-refractivity contribution >= 4 is 11.6 Å². The van der Waals surface area contributed by atoms with Crippen LogP contribution in [0, 0.1) is 40.6 Å². The standard InChI is InChI=1S/C35H26ClF5N6O2/c1-33(2,3)31-29(49-18-23-6-4-21(16-42)5-7-23)15-27(36)25(32(31)39)11-8-22-9-13-30(43-17-22)35(40,41)34(48,19-47-20-44-45-46-47)26-12-10-24(37)14-28(26)38/h4-7,9-10,12-15,17,20,48H,18-19H2,1-3H3/t34-/m1/s1. The van der Waals surface area contributed by atoms with E-state index in [-0.39, 0.29) is 34.1 Å². The maximum Gasteiger partial charge on any atom is 0.323 e. The molecule has 14 heteroatoms. The Kier molecular flexibility index (Phi) is 9.72. The fraction of sp³-hybridized carbons (Fsp3) is 0.229. The topological polar surface area (TPSA) is 110 Å².